The van der Waals surface area contributed by atoms with E-state index in [1.807, 2.05) is 0 Å². The van der Waals surface area contributed by atoms with Gasteiger partial charge in [0.05, 0.1) is 6.61 Å². The van der Waals surface area contributed by atoms with Crippen LogP contribution < -0.4 is 0 Å². The van der Waals surface area contributed by atoms with E-state index in [2.05, 4.69) is 17.0 Å². The molecular weight excluding hydrogens is 116 g/mol. The van der Waals surface area contributed by atoms with Crippen LogP contribution in [0.1, 0.15) is 19.3 Å². The average molecular weight is 128 g/mol. The Bertz CT molecular complexity index is 99.1. The van der Waals surface area contributed by atoms with Crippen molar-refractivity contribution >= 4 is 0 Å². The van der Waals surface area contributed by atoms with Gasteiger partial charge in [0.25, 0.3) is 0 Å². The van der Waals surface area contributed by atoms with Gasteiger partial charge in [-0.3, -0.25) is 5.26 Å². The molecule has 0 amide bonds. The van der Waals surface area contributed by atoms with E-state index in [0.717, 1.165) is 19.3 Å². The van der Waals surface area contributed by atoms with Crippen LogP contribution in [0.15, 0.2) is 12.2 Å². The van der Waals surface area contributed by atoms with Gasteiger partial charge >= 0.3 is 0 Å². The van der Waals surface area contributed by atoms with Gasteiger partial charge in [0, 0.05) is 0 Å². The summed E-state index contributed by atoms with van der Waals surface area (Å²) >= 11 is 0. The van der Waals surface area contributed by atoms with Gasteiger partial charge in [-0.25, -0.2) is 4.89 Å². The van der Waals surface area contributed by atoms with Crippen molar-refractivity contribution in [3.05, 3.63) is 12.2 Å². The molecule has 1 rings (SSSR count). The molecule has 1 aliphatic carbocycles. The summed E-state index contributed by atoms with van der Waals surface area (Å²) < 4.78 is 0. The predicted molar refractivity (Wildman–Crippen MR) is 35.1 cm³/mol. The van der Waals surface area contributed by atoms with Crippen molar-refractivity contribution in [3.63, 3.8) is 0 Å². The first-order valence-corrected chi connectivity index (χ1v) is 3.35. The minimum atomic E-state index is 0.490. The summed E-state index contributed by atoms with van der Waals surface area (Å²) in [5.74, 6) is 0.542. The van der Waals surface area contributed by atoms with Crippen LogP contribution in [0.5, 0.6) is 0 Å². The second kappa shape index (κ2) is 3.64. The largest absolute Gasteiger partial charge is 0.252 e. The van der Waals surface area contributed by atoms with E-state index < -0.39 is 0 Å². The summed E-state index contributed by atoms with van der Waals surface area (Å²) in [6.07, 6.45) is 7.66. The molecule has 1 atom stereocenters. The van der Waals surface area contributed by atoms with Gasteiger partial charge in [-0.2, -0.15) is 0 Å². The fourth-order valence-electron chi connectivity index (χ4n) is 1.11. The summed E-state index contributed by atoms with van der Waals surface area (Å²) in [7, 11) is 0. The number of hydrogen-bond acceptors (Lipinski definition) is 2. The van der Waals surface area contributed by atoms with Crippen LogP contribution in [-0.2, 0) is 4.89 Å². The first-order valence-electron chi connectivity index (χ1n) is 3.35. The minimum Gasteiger partial charge on any atom is -0.252 e. The van der Waals surface area contributed by atoms with Gasteiger partial charge < -0.3 is 0 Å². The molecule has 2 heteroatoms. The van der Waals surface area contributed by atoms with Crippen molar-refractivity contribution in [2.45, 2.75) is 19.3 Å². The Hall–Kier alpha value is -0.340. The molecule has 0 unspecified atom stereocenters. The van der Waals surface area contributed by atoms with Crippen molar-refractivity contribution in [2.75, 3.05) is 6.61 Å². The first-order chi connectivity index (χ1) is 4.43. The van der Waals surface area contributed by atoms with Gasteiger partial charge in [0.15, 0.2) is 0 Å². The summed E-state index contributed by atoms with van der Waals surface area (Å²) in [6.45, 7) is 0.490. The van der Waals surface area contributed by atoms with Gasteiger partial charge in [-0.05, 0) is 25.2 Å². The monoisotopic (exact) mass is 128 g/mol. The van der Waals surface area contributed by atoms with Gasteiger partial charge in [-0.1, -0.05) is 12.2 Å². The topological polar surface area (TPSA) is 29.5 Å². The van der Waals surface area contributed by atoms with Crippen molar-refractivity contribution < 1.29 is 10.1 Å². The van der Waals surface area contributed by atoms with Crippen molar-refractivity contribution in [1.82, 2.24) is 0 Å². The maximum Gasteiger partial charge on any atom is 0.0850 e. The van der Waals surface area contributed by atoms with Crippen LogP contribution >= 0.6 is 0 Å². The highest BCUT2D eigenvalue weighted by Crippen LogP contribution is 2.17. The molecule has 0 spiro atoms. The molecule has 0 aromatic carbocycles. The Balaban J connectivity index is 2.18. The van der Waals surface area contributed by atoms with Crippen LogP contribution in [-0.4, -0.2) is 11.9 Å². The lowest BCUT2D eigenvalue weighted by Crippen LogP contribution is -2.09. The van der Waals surface area contributed by atoms with Crippen LogP contribution in [0.3, 0.4) is 0 Å². The van der Waals surface area contributed by atoms with Gasteiger partial charge in [0.1, 0.15) is 0 Å². The van der Waals surface area contributed by atoms with E-state index in [4.69, 9.17) is 5.26 Å². The molecule has 0 aromatic heterocycles. The van der Waals surface area contributed by atoms with Gasteiger partial charge in [0.2, 0.25) is 0 Å². The van der Waals surface area contributed by atoms with Crippen LogP contribution in [0.2, 0.25) is 0 Å². The zero-order valence-corrected chi connectivity index (χ0v) is 5.42. The summed E-state index contributed by atoms with van der Waals surface area (Å²) in [6, 6.07) is 0. The third kappa shape index (κ3) is 2.16. The number of allylic oxidation sites excluding steroid dienone is 2. The van der Waals surface area contributed by atoms with E-state index in [1.54, 1.807) is 0 Å². The van der Waals surface area contributed by atoms with E-state index in [9.17, 15) is 0 Å². The molecule has 0 radical (unpaired) electrons. The van der Waals surface area contributed by atoms with Gasteiger partial charge in [-0.15, -0.1) is 0 Å². The highest BCUT2D eigenvalue weighted by Gasteiger charge is 2.08. The van der Waals surface area contributed by atoms with Crippen LogP contribution in [0.4, 0.5) is 0 Å². The third-order valence-electron chi connectivity index (χ3n) is 1.69. The second-order valence-electron chi connectivity index (χ2n) is 2.45. The first kappa shape index (κ1) is 6.78. The fourth-order valence-corrected chi connectivity index (χ4v) is 1.11. The Labute approximate surface area is 55.1 Å². The van der Waals surface area contributed by atoms with Crippen molar-refractivity contribution in [2.24, 2.45) is 5.92 Å². The van der Waals surface area contributed by atoms with E-state index in [-0.39, 0.29) is 0 Å². The predicted octanol–water partition coefficient (Wildman–Crippen LogP) is 1.83. The third-order valence-corrected chi connectivity index (χ3v) is 1.69. The molecule has 0 aliphatic heterocycles. The number of rotatable bonds is 2. The molecule has 0 fully saturated rings. The standard InChI is InChI=1S/C7H12O2/c8-9-6-7-4-2-1-3-5-7/h1-2,7-8H,3-6H2/t7-/m1/s1. The molecule has 0 saturated carbocycles. The quantitative estimate of drug-likeness (QED) is 0.349. The lowest BCUT2D eigenvalue weighted by atomic mass is 9.96. The molecule has 0 aromatic rings. The van der Waals surface area contributed by atoms with Crippen molar-refractivity contribution in [3.8, 4) is 0 Å². The Morgan fingerprint density at radius 1 is 1.56 bits per heavy atom. The molecule has 1 aliphatic rings. The summed E-state index contributed by atoms with van der Waals surface area (Å²) in [4.78, 5) is 4.05. The highest BCUT2D eigenvalue weighted by molar-refractivity contribution is 4.89. The highest BCUT2D eigenvalue weighted by atomic mass is 17.1. The SMILES string of the molecule is OOC[C@@H]1CC=CCC1. The normalized spacial score (nSPS) is 26.6. The average Bonchev–Trinajstić information content (AvgIpc) is 1.91. The summed E-state index contributed by atoms with van der Waals surface area (Å²) in [5, 5.41) is 8.09. The van der Waals surface area contributed by atoms with E-state index in [0.29, 0.717) is 12.5 Å². The molecular formula is C7H12O2. The maximum atomic E-state index is 8.09. The lowest BCUT2D eigenvalue weighted by Gasteiger charge is -2.14. The zero-order chi connectivity index (χ0) is 6.53. The number of hydrogen-bond donors (Lipinski definition) is 1. The molecule has 0 heterocycles. The fraction of sp³-hybridized carbons (Fsp3) is 0.714. The minimum absolute atomic E-state index is 0.490. The zero-order valence-electron chi connectivity index (χ0n) is 5.42. The maximum absolute atomic E-state index is 8.09. The van der Waals surface area contributed by atoms with Crippen molar-refractivity contribution in [1.29, 1.82) is 0 Å². The van der Waals surface area contributed by atoms with E-state index in [1.165, 1.54) is 0 Å². The van der Waals surface area contributed by atoms with Crippen LogP contribution in [0.25, 0.3) is 0 Å². The molecule has 52 valence electrons. The summed E-state index contributed by atoms with van der Waals surface area (Å²) in [5.41, 5.74) is 0. The molecule has 1 N–H and O–H groups in total. The molecule has 2 nitrogen and oxygen atoms in total. The molecule has 9 heavy (non-hydrogen) atoms. The Kier molecular flexibility index (Phi) is 2.74. The second-order valence-corrected chi connectivity index (χ2v) is 2.45. The van der Waals surface area contributed by atoms with Crippen LogP contribution in [0, 0.1) is 5.92 Å². The Morgan fingerprint density at radius 2 is 2.44 bits per heavy atom. The molecule has 0 saturated heterocycles. The van der Waals surface area contributed by atoms with E-state index >= 15 is 0 Å². The Morgan fingerprint density at radius 3 is 3.00 bits per heavy atom. The lowest BCUT2D eigenvalue weighted by molar-refractivity contribution is -0.251. The molecule has 0 bridgehead atoms. The smallest absolute Gasteiger partial charge is 0.0850 e.